The lowest BCUT2D eigenvalue weighted by Crippen LogP contribution is -2.49. The number of rotatable bonds is 13. The number of nitrogens with zero attached hydrogens (tertiary/aromatic N) is 6. The standard InChI is InChI=1S/C49H48F5N7O5S/c1-33(32-66-3)60(47(63)49(52,53)54)44-30-39(58-25-23-57(2)24-26-58)19-20-41(44)46(62)55-45-42-31-59(67(64,65)40-28-37(50)27-38(51)29-40)22-21-43(42)61(56-45)48(34-13-7-4-8-14-34,35-15-9-5-10-16-35)36-17-11-6-12-18-36/h4-20,27-30,33H,21-26,31-32H2,1-3H3,(H,55,56,62)/t33-/m1/s1. The number of halogens is 5. The highest BCUT2D eigenvalue weighted by atomic mass is 32.2. The van der Waals surface area contributed by atoms with Crippen LogP contribution in [0.5, 0.6) is 0 Å². The van der Waals surface area contributed by atoms with E-state index in [9.17, 15) is 35.2 Å². The van der Waals surface area contributed by atoms with Crippen LogP contribution in [0, 0.1) is 11.6 Å². The van der Waals surface area contributed by atoms with E-state index >= 15 is 4.79 Å². The summed E-state index contributed by atoms with van der Waals surface area (Å²) in [5.74, 6) is -5.49. The summed E-state index contributed by atoms with van der Waals surface area (Å²) in [6.07, 6.45) is -5.34. The first-order chi connectivity index (χ1) is 32.0. The van der Waals surface area contributed by atoms with Crippen molar-refractivity contribution in [2.75, 3.05) is 68.6 Å². The molecule has 5 aromatic carbocycles. The Labute approximate surface area is 385 Å². The summed E-state index contributed by atoms with van der Waals surface area (Å²) in [6.45, 7) is 2.86. The highest BCUT2D eigenvalue weighted by molar-refractivity contribution is 7.89. The summed E-state index contributed by atoms with van der Waals surface area (Å²) in [5, 5.41) is 7.97. The topological polar surface area (TPSA) is 120 Å². The van der Waals surface area contributed by atoms with Crippen molar-refractivity contribution in [1.82, 2.24) is 19.0 Å². The molecule has 0 radical (unpaired) electrons. The molecule has 0 bridgehead atoms. The largest absolute Gasteiger partial charge is 0.471 e. The summed E-state index contributed by atoms with van der Waals surface area (Å²) in [6, 6.07) is 33.5. The maximum Gasteiger partial charge on any atom is 0.471 e. The van der Waals surface area contributed by atoms with E-state index in [1.165, 1.54) is 26.2 Å². The third kappa shape index (κ3) is 9.18. The number of carbonyl (C=O) groups is 2. The molecule has 67 heavy (non-hydrogen) atoms. The third-order valence-electron chi connectivity index (χ3n) is 12.3. The summed E-state index contributed by atoms with van der Waals surface area (Å²) < 4.78 is 109. The van der Waals surface area contributed by atoms with E-state index in [1.54, 1.807) is 10.7 Å². The molecule has 0 unspecified atom stereocenters. The van der Waals surface area contributed by atoms with Crippen LogP contribution in [0.15, 0.2) is 132 Å². The van der Waals surface area contributed by atoms with E-state index < -0.39 is 62.7 Å². The van der Waals surface area contributed by atoms with Crippen LogP contribution in [0.1, 0.15) is 45.2 Å². The minimum absolute atomic E-state index is 0.00313. The molecule has 1 fully saturated rings. The maximum atomic E-state index is 15.0. The number of hydrogen-bond acceptors (Lipinski definition) is 8. The molecular weight excluding hydrogens is 894 g/mol. The van der Waals surface area contributed by atoms with Gasteiger partial charge in [0.25, 0.3) is 5.91 Å². The predicted molar refractivity (Wildman–Crippen MR) is 243 cm³/mol. The van der Waals surface area contributed by atoms with E-state index in [4.69, 9.17) is 9.84 Å². The number of amides is 2. The number of anilines is 3. The fourth-order valence-electron chi connectivity index (χ4n) is 9.06. The summed E-state index contributed by atoms with van der Waals surface area (Å²) in [7, 11) is -1.33. The van der Waals surface area contributed by atoms with Crippen LogP contribution in [0.4, 0.5) is 39.1 Å². The van der Waals surface area contributed by atoms with Crippen LogP contribution in [-0.2, 0) is 38.1 Å². The second-order valence-corrected chi connectivity index (χ2v) is 18.5. The number of carbonyl (C=O) groups excluding carboxylic acids is 2. The van der Waals surface area contributed by atoms with Crippen molar-refractivity contribution in [1.29, 1.82) is 0 Å². The first-order valence-corrected chi connectivity index (χ1v) is 23.0. The highest BCUT2D eigenvalue weighted by Crippen LogP contribution is 2.44. The Kier molecular flexibility index (Phi) is 13.4. The van der Waals surface area contributed by atoms with Gasteiger partial charge < -0.3 is 19.9 Å². The fraction of sp³-hybridized carbons (Fsp3) is 0.286. The third-order valence-corrected chi connectivity index (χ3v) is 14.1. The molecule has 1 N–H and O–H groups in total. The van der Waals surface area contributed by atoms with Crippen LogP contribution in [0.25, 0.3) is 0 Å². The van der Waals surface area contributed by atoms with Crippen LogP contribution < -0.4 is 15.1 Å². The molecule has 0 saturated carbocycles. The van der Waals surface area contributed by atoms with Crippen LogP contribution >= 0.6 is 0 Å². The van der Waals surface area contributed by atoms with Crippen LogP contribution in [-0.4, -0.2) is 105 Å². The lowest BCUT2D eigenvalue weighted by molar-refractivity contribution is -0.171. The van der Waals surface area contributed by atoms with Crippen LogP contribution in [0.2, 0.25) is 0 Å². The van der Waals surface area contributed by atoms with Gasteiger partial charge in [-0.25, -0.2) is 21.9 Å². The second-order valence-electron chi connectivity index (χ2n) is 16.6. The van der Waals surface area contributed by atoms with Crippen molar-refractivity contribution in [2.24, 2.45) is 0 Å². The van der Waals surface area contributed by atoms with E-state index in [-0.39, 0.29) is 42.2 Å². The highest BCUT2D eigenvalue weighted by Gasteiger charge is 2.47. The first kappa shape index (κ1) is 47.0. The van der Waals surface area contributed by atoms with E-state index in [1.807, 2.05) is 103 Å². The lowest BCUT2D eigenvalue weighted by Gasteiger charge is -2.38. The van der Waals surface area contributed by atoms with Gasteiger partial charge >= 0.3 is 12.1 Å². The number of aromatic nitrogens is 2. The number of sulfonamides is 1. The first-order valence-electron chi connectivity index (χ1n) is 21.6. The number of methoxy groups -OCH3 is 1. The number of fused-ring (bicyclic) bond motifs is 1. The second kappa shape index (κ2) is 19.0. The monoisotopic (exact) mass is 941 g/mol. The number of alkyl halides is 3. The smallest absolute Gasteiger partial charge is 0.383 e. The molecule has 1 saturated heterocycles. The van der Waals surface area contributed by atoms with Gasteiger partial charge in [-0.15, -0.1) is 0 Å². The average Bonchev–Trinajstić information content (AvgIpc) is 3.67. The summed E-state index contributed by atoms with van der Waals surface area (Å²) >= 11 is 0. The van der Waals surface area contributed by atoms with Gasteiger partial charge in [0.05, 0.1) is 28.8 Å². The number of piperazine rings is 1. The van der Waals surface area contributed by atoms with Crippen molar-refractivity contribution < 1.29 is 44.7 Å². The predicted octanol–water partition coefficient (Wildman–Crippen LogP) is 7.68. The van der Waals surface area contributed by atoms with E-state index in [2.05, 4.69) is 10.2 Å². The molecule has 350 valence electrons. The normalized spacial score (nSPS) is 15.5. The van der Waals surface area contributed by atoms with Crippen molar-refractivity contribution >= 4 is 39.0 Å². The summed E-state index contributed by atoms with van der Waals surface area (Å²) in [4.78, 5) is 32.4. The Hall–Kier alpha value is -6.47. The molecule has 0 aliphatic carbocycles. The van der Waals surface area contributed by atoms with Gasteiger partial charge in [0.15, 0.2) is 5.82 Å². The number of ether oxygens (including phenoxy) is 1. The zero-order valence-corrected chi connectivity index (χ0v) is 37.7. The molecule has 2 aliphatic heterocycles. The lowest BCUT2D eigenvalue weighted by atomic mass is 9.76. The molecule has 2 amide bonds. The molecular formula is C49H48F5N7O5S. The number of hydrogen-bond donors (Lipinski definition) is 1. The van der Waals surface area contributed by atoms with Gasteiger partial charge in [-0.2, -0.15) is 22.6 Å². The van der Waals surface area contributed by atoms with E-state index in [0.717, 1.165) is 33.1 Å². The Morgan fingerprint density at radius 3 is 1.87 bits per heavy atom. The average molecular weight is 942 g/mol. The zero-order valence-electron chi connectivity index (χ0n) is 36.9. The molecule has 6 aromatic rings. The van der Waals surface area contributed by atoms with Gasteiger partial charge in [0, 0.05) is 75.8 Å². The molecule has 3 heterocycles. The minimum atomic E-state index is -5.34. The SMILES string of the molecule is COC[C@@H](C)N(C(=O)C(F)(F)F)c1cc(N2CCN(C)CC2)ccc1C(=O)Nc1nn(C(c2ccccc2)(c2ccccc2)c2ccccc2)c2c1CN(S(=O)(=O)c1cc(F)cc(F)c1)CC2. The molecule has 1 aromatic heterocycles. The molecule has 8 rings (SSSR count). The maximum absolute atomic E-state index is 15.0. The fourth-order valence-corrected chi connectivity index (χ4v) is 10.5. The molecule has 1 atom stereocenters. The molecule has 12 nitrogen and oxygen atoms in total. The van der Waals surface area contributed by atoms with Gasteiger partial charge in [-0.3, -0.25) is 14.5 Å². The van der Waals surface area contributed by atoms with Gasteiger partial charge in [-0.1, -0.05) is 91.0 Å². The molecule has 18 heteroatoms. The number of nitrogens with one attached hydrogen (secondary N) is 1. The molecule has 0 spiro atoms. The Bertz CT molecular complexity index is 2740. The van der Waals surface area contributed by atoms with Crippen molar-refractivity contribution in [3.63, 3.8) is 0 Å². The van der Waals surface area contributed by atoms with Crippen molar-refractivity contribution in [3.8, 4) is 0 Å². The van der Waals surface area contributed by atoms with Gasteiger partial charge in [0.1, 0.15) is 17.2 Å². The quantitative estimate of drug-likeness (QED) is 0.0926. The number of likely N-dealkylation sites (N-methyl/N-ethyl adjacent to an activating group) is 1. The zero-order chi connectivity index (χ0) is 47.7. The summed E-state index contributed by atoms with van der Waals surface area (Å²) in [5.41, 5.74) is 1.53. The molecule has 2 aliphatic rings. The van der Waals surface area contributed by atoms with Crippen molar-refractivity contribution in [3.05, 3.63) is 173 Å². The van der Waals surface area contributed by atoms with Crippen LogP contribution in [0.3, 0.4) is 0 Å². The van der Waals surface area contributed by atoms with E-state index in [0.29, 0.717) is 48.5 Å². The minimum Gasteiger partial charge on any atom is -0.383 e. The Morgan fingerprint density at radius 1 is 0.791 bits per heavy atom. The number of benzene rings is 5. The Morgan fingerprint density at radius 2 is 1.34 bits per heavy atom. The van der Waals surface area contributed by atoms with Gasteiger partial charge in [0.2, 0.25) is 10.0 Å². The van der Waals surface area contributed by atoms with Gasteiger partial charge in [-0.05, 0) is 61.0 Å². The van der Waals surface area contributed by atoms with Crippen molar-refractivity contribution in [2.45, 2.75) is 42.5 Å². The Balaban J connectivity index is 1.34.